The molecule has 1 aliphatic carbocycles. The molecule has 1 amide bonds. The zero-order valence-corrected chi connectivity index (χ0v) is 11.8. The summed E-state index contributed by atoms with van der Waals surface area (Å²) in [4.78, 5) is 23.9. The molecule has 21 heavy (non-hydrogen) atoms. The van der Waals surface area contributed by atoms with Crippen LogP contribution in [0.5, 0.6) is 0 Å². The number of benzene rings is 1. The van der Waals surface area contributed by atoms with Gasteiger partial charge in [0.15, 0.2) is 0 Å². The topological polar surface area (TPSA) is 51.1 Å². The molecule has 0 unspecified atom stereocenters. The first-order chi connectivity index (χ1) is 10.2. The van der Waals surface area contributed by atoms with E-state index in [2.05, 4.69) is 5.32 Å². The van der Waals surface area contributed by atoms with Gasteiger partial charge in [0.1, 0.15) is 6.54 Å². The Morgan fingerprint density at radius 3 is 2.43 bits per heavy atom. The molecule has 2 aromatic rings. The fraction of sp³-hybridized carbons (Fsp3) is 0.294. The molecule has 0 spiro atoms. The minimum Gasteiger partial charge on any atom is -0.345 e. The molecule has 1 saturated carbocycles. The summed E-state index contributed by atoms with van der Waals surface area (Å²) in [6.45, 7) is 0.0637. The van der Waals surface area contributed by atoms with E-state index in [0.717, 1.165) is 24.8 Å². The number of carbonyl (C=O) groups is 1. The van der Waals surface area contributed by atoms with Crippen molar-refractivity contribution in [3.05, 3.63) is 70.6 Å². The van der Waals surface area contributed by atoms with E-state index in [9.17, 15) is 9.59 Å². The summed E-state index contributed by atoms with van der Waals surface area (Å²) < 4.78 is 1.42. The SMILES string of the molecule is O=C(Cn1ccccc1=O)NC1(c2ccccc2)CCC1. The third-order valence-electron chi connectivity index (χ3n) is 4.13. The molecule has 0 bridgehead atoms. The minimum atomic E-state index is -0.253. The number of nitrogens with one attached hydrogen (secondary N) is 1. The Balaban J connectivity index is 1.75. The van der Waals surface area contributed by atoms with Crippen molar-refractivity contribution >= 4 is 5.91 Å². The molecule has 4 heteroatoms. The van der Waals surface area contributed by atoms with E-state index in [1.807, 2.05) is 30.3 Å². The maximum Gasteiger partial charge on any atom is 0.250 e. The number of nitrogens with zero attached hydrogens (tertiary/aromatic N) is 1. The predicted octanol–water partition coefficient (Wildman–Crippen LogP) is 2.04. The first-order valence-corrected chi connectivity index (χ1v) is 7.22. The van der Waals surface area contributed by atoms with Crippen LogP contribution in [0.15, 0.2) is 59.5 Å². The zero-order chi connectivity index (χ0) is 14.7. The van der Waals surface area contributed by atoms with Crippen LogP contribution in [0.25, 0.3) is 0 Å². The highest BCUT2D eigenvalue weighted by atomic mass is 16.2. The van der Waals surface area contributed by atoms with Crippen molar-refractivity contribution < 1.29 is 4.79 Å². The molecular weight excluding hydrogens is 264 g/mol. The van der Waals surface area contributed by atoms with Crippen LogP contribution in [0.4, 0.5) is 0 Å². The van der Waals surface area contributed by atoms with E-state index in [0.29, 0.717) is 0 Å². The summed E-state index contributed by atoms with van der Waals surface area (Å²) in [5, 5.41) is 3.12. The Morgan fingerprint density at radius 1 is 1.10 bits per heavy atom. The van der Waals surface area contributed by atoms with Gasteiger partial charge < -0.3 is 9.88 Å². The average molecular weight is 282 g/mol. The Morgan fingerprint density at radius 2 is 1.81 bits per heavy atom. The summed E-state index contributed by atoms with van der Waals surface area (Å²) >= 11 is 0. The first-order valence-electron chi connectivity index (χ1n) is 7.22. The molecule has 1 aromatic carbocycles. The van der Waals surface area contributed by atoms with Gasteiger partial charge in [-0.05, 0) is 30.9 Å². The largest absolute Gasteiger partial charge is 0.345 e. The second kappa shape index (κ2) is 5.56. The summed E-state index contributed by atoms with van der Waals surface area (Å²) in [5.41, 5.74) is 0.733. The highest BCUT2D eigenvalue weighted by Crippen LogP contribution is 2.41. The van der Waals surface area contributed by atoms with Crippen LogP contribution >= 0.6 is 0 Å². The Hall–Kier alpha value is -2.36. The van der Waals surface area contributed by atoms with Gasteiger partial charge in [-0.25, -0.2) is 0 Å². The highest BCUT2D eigenvalue weighted by molar-refractivity contribution is 5.77. The second-order valence-corrected chi connectivity index (χ2v) is 5.52. The van der Waals surface area contributed by atoms with E-state index in [-0.39, 0.29) is 23.6 Å². The van der Waals surface area contributed by atoms with Gasteiger partial charge in [0.05, 0.1) is 5.54 Å². The van der Waals surface area contributed by atoms with Crippen molar-refractivity contribution in [2.75, 3.05) is 0 Å². The lowest BCUT2D eigenvalue weighted by Gasteiger charge is -2.43. The minimum absolute atomic E-state index is 0.0637. The zero-order valence-electron chi connectivity index (χ0n) is 11.8. The standard InChI is InChI=1S/C17H18N2O2/c20-15(13-19-12-5-4-9-16(19)21)18-17(10-6-11-17)14-7-2-1-3-8-14/h1-5,7-9,12H,6,10-11,13H2,(H,18,20). The van der Waals surface area contributed by atoms with Gasteiger partial charge in [-0.3, -0.25) is 9.59 Å². The van der Waals surface area contributed by atoms with Gasteiger partial charge in [0.2, 0.25) is 5.91 Å². The van der Waals surface area contributed by atoms with Crippen LogP contribution in [0.2, 0.25) is 0 Å². The third-order valence-corrected chi connectivity index (χ3v) is 4.13. The second-order valence-electron chi connectivity index (χ2n) is 5.52. The van der Waals surface area contributed by atoms with E-state index in [1.165, 1.54) is 10.6 Å². The molecule has 3 rings (SSSR count). The number of aromatic nitrogens is 1. The number of carbonyl (C=O) groups excluding carboxylic acids is 1. The number of hydrogen-bond acceptors (Lipinski definition) is 2. The van der Waals surface area contributed by atoms with Gasteiger partial charge in [0, 0.05) is 12.3 Å². The monoisotopic (exact) mass is 282 g/mol. The van der Waals surface area contributed by atoms with E-state index >= 15 is 0 Å². The molecule has 1 fully saturated rings. The van der Waals surface area contributed by atoms with Gasteiger partial charge in [-0.2, -0.15) is 0 Å². The summed E-state index contributed by atoms with van der Waals surface area (Å²) in [6, 6.07) is 14.9. The maximum atomic E-state index is 12.3. The Labute approximate surface area is 123 Å². The van der Waals surface area contributed by atoms with Crippen molar-refractivity contribution in [1.82, 2.24) is 9.88 Å². The molecule has 1 aliphatic rings. The molecule has 0 atom stereocenters. The fourth-order valence-electron chi connectivity index (χ4n) is 2.83. The van der Waals surface area contributed by atoms with Gasteiger partial charge in [0.25, 0.3) is 5.56 Å². The van der Waals surface area contributed by atoms with Crippen LogP contribution in [0.1, 0.15) is 24.8 Å². The van der Waals surface area contributed by atoms with Crippen molar-refractivity contribution in [3.8, 4) is 0 Å². The molecule has 0 saturated heterocycles. The first kappa shape index (κ1) is 13.6. The van der Waals surface area contributed by atoms with E-state index < -0.39 is 0 Å². The number of hydrogen-bond donors (Lipinski definition) is 1. The third kappa shape index (κ3) is 2.75. The summed E-state index contributed by atoms with van der Waals surface area (Å²) in [5.74, 6) is -0.119. The van der Waals surface area contributed by atoms with Crippen molar-refractivity contribution in [3.63, 3.8) is 0 Å². The Kier molecular flexibility index (Phi) is 3.60. The van der Waals surface area contributed by atoms with Crippen molar-refractivity contribution in [1.29, 1.82) is 0 Å². The summed E-state index contributed by atoms with van der Waals surface area (Å²) in [6.07, 6.45) is 4.65. The molecule has 4 nitrogen and oxygen atoms in total. The predicted molar refractivity (Wildman–Crippen MR) is 80.8 cm³/mol. The number of rotatable bonds is 4. The van der Waals surface area contributed by atoms with Crippen LogP contribution in [0.3, 0.4) is 0 Å². The lowest BCUT2D eigenvalue weighted by atomic mass is 9.72. The van der Waals surface area contributed by atoms with Gasteiger partial charge in [-0.1, -0.05) is 36.4 Å². The molecule has 1 N–H and O–H groups in total. The lowest BCUT2D eigenvalue weighted by Crippen LogP contribution is -2.52. The number of pyridine rings is 1. The van der Waals surface area contributed by atoms with Gasteiger partial charge >= 0.3 is 0 Å². The van der Waals surface area contributed by atoms with E-state index in [4.69, 9.17) is 0 Å². The van der Waals surface area contributed by atoms with Crippen LogP contribution in [-0.2, 0) is 16.9 Å². The van der Waals surface area contributed by atoms with Crippen molar-refractivity contribution in [2.45, 2.75) is 31.3 Å². The van der Waals surface area contributed by atoms with Crippen LogP contribution < -0.4 is 10.9 Å². The maximum absolute atomic E-state index is 12.3. The highest BCUT2D eigenvalue weighted by Gasteiger charge is 2.39. The molecule has 108 valence electrons. The normalized spacial score (nSPS) is 16.0. The summed E-state index contributed by atoms with van der Waals surface area (Å²) in [7, 11) is 0. The van der Waals surface area contributed by atoms with Crippen molar-refractivity contribution in [2.24, 2.45) is 0 Å². The molecule has 0 aliphatic heterocycles. The lowest BCUT2D eigenvalue weighted by molar-refractivity contribution is -0.125. The molecule has 1 heterocycles. The van der Waals surface area contributed by atoms with Crippen LogP contribution in [-0.4, -0.2) is 10.5 Å². The quantitative estimate of drug-likeness (QED) is 0.933. The van der Waals surface area contributed by atoms with Crippen LogP contribution in [0, 0.1) is 0 Å². The van der Waals surface area contributed by atoms with Gasteiger partial charge in [-0.15, -0.1) is 0 Å². The number of amides is 1. The smallest absolute Gasteiger partial charge is 0.250 e. The average Bonchev–Trinajstić information content (AvgIpc) is 2.46. The molecular formula is C17H18N2O2. The Bertz CT molecular complexity index is 687. The fourth-order valence-corrected chi connectivity index (χ4v) is 2.83. The molecule has 1 aromatic heterocycles. The van der Waals surface area contributed by atoms with E-state index in [1.54, 1.807) is 18.3 Å². The molecule has 0 radical (unpaired) electrons.